The molecule has 0 amide bonds. The van der Waals surface area contributed by atoms with Gasteiger partial charge in [0, 0.05) is 6.20 Å². The lowest BCUT2D eigenvalue weighted by molar-refractivity contribution is 0.0526. The molecule has 0 saturated heterocycles. The molecule has 0 radical (unpaired) electrons. The Hall–Kier alpha value is -4.44. The van der Waals surface area contributed by atoms with Gasteiger partial charge in [-0.25, -0.2) is 14.5 Å². The summed E-state index contributed by atoms with van der Waals surface area (Å²) in [4.78, 5) is 26.0. The highest BCUT2D eigenvalue weighted by molar-refractivity contribution is 6.18. The normalized spacial score (nSPS) is 11.0. The number of imidazole rings is 1. The van der Waals surface area contributed by atoms with E-state index in [1.807, 2.05) is 59.2 Å². The lowest BCUT2D eigenvalue weighted by Gasteiger charge is -2.10. The summed E-state index contributed by atoms with van der Waals surface area (Å²) in [5.74, 6) is 1.26. The van der Waals surface area contributed by atoms with Crippen LogP contribution in [0.15, 0.2) is 73.3 Å². The molecule has 2 aromatic carbocycles. The molecule has 0 spiro atoms. The first-order chi connectivity index (χ1) is 18.6. The van der Waals surface area contributed by atoms with Crippen LogP contribution in [0.4, 0.5) is 0 Å². The van der Waals surface area contributed by atoms with Crippen LogP contribution >= 0.6 is 11.6 Å². The van der Waals surface area contributed by atoms with Gasteiger partial charge in [-0.05, 0) is 30.2 Å². The number of ether oxygens (including phenoxy) is 3. The van der Waals surface area contributed by atoms with Gasteiger partial charge in [-0.3, -0.25) is 0 Å². The largest absolute Gasteiger partial charge is 0.492 e. The fraction of sp³-hybridized carbons (Fsp3) is 0.222. The predicted molar refractivity (Wildman–Crippen MR) is 141 cm³/mol. The van der Waals surface area contributed by atoms with Crippen molar-refractivity contribution in [3.8, 4) is 17.6 Å². The van der Waals surface area contributed by atoms with E-state index in [9.17, 15) is 4.79 Å². The predicted octanol–water partition coefficient (Wildman–Crippen LogP) is 4.43. The van der Waals surface area contributed by atoms with Crippen molar-refractivity contribution in [2.24, 2.45) is 0 Å². The van der Waals surface area contributed by atoms with Crippen molar-refractivity contribution in [2.45, 2.75) is 20.1 Å². The van der Waals surface area contributed by atoms with Crippen molar-refractivity contribution in [2.75, 3.05) is 19.1 Å². The average Bonchev–Trinajstić information content (AvgIpc) is 3.60. The van der Waals surface area contributed by atoms with Gasteiger partial charge in [0.1, 0.15) is 19.0 Å². The Morgan fingerprint density at radius 3 is 2.58 bits per heavy atom. The number of aromatic nitrogens is 6. The molecule has 0 bridgehead atoms. The minimum Gasteiger partial charge on any atom is -0.492 e. The molecule has 3 aromatic heterocycles. The van der Waals surface area contributed by atoms with Gasteiger partial charge in [0.05, 0.1) is 37.1 Å². The van der Waals surface area contributed by atoms with E-state index in [1.165, 1.54) is 17.1 Å². The molecule has 0 fully saturated rings. The van der Waals surface area contributed by atoms with Crippen molar-refractivity contribution < 1.29 is 19.0 Å². The number of alkyl halides is 1. The molecule has 3 heterocycles. The summed E-state index contributed by atoms with van der Waals surface area (Å²) in [6, 6.07) is 17.5. The molecule has 0 N–H and O–H groups in total. The van der Waals surface area contributed by atoms with Crippen LogP contribution in [0.1, 0.15) is 28.4 Å². The van der Waals surface area contributed by atoms with Crippen LogP contribution in [0.25, 0.3) is 17.1 Å². The highest BCUT2D eigenvalue weighted by Crippen LogP contribution is 2.25. The number of fused-ring (bicyclic) bond motifs is 1. The molecule has 5 rings (SSSR count). The third kappa shape index (κ3) is 5.76. The highest BCUT2D eigenvalue weighted by atomic mass is 35.5. The molecule has 0 unspecified atom stereocenters. The van der Waals surface area contributed by atoms with Crippen molar-refractivity contribution in [1.82, 2.24) is 29.3 Å². The molecule has 0 aliphatic carbocycles. The van der Waals surface area contributed by atoms with Gasteiger partial charge in [-0.2, -0.15) is 15.1 Å². The van der Waals surface area contributed by atoms with Gasteiger partial charge in [0.25, 0.3) is 5.95 Å². The second kappa shape index (κ2) is 11.7. The Morgan fingerprint density at radius 1 is 1.00 bits per heavy atom. The first-order valence-electron chi connectivity index (χ1n) is 12.0. The Kier molecular flexibility index (Phi) is 7.79. The lowest BCUT2D eigenvalue weighted by Crippen LogP contribution is -2.08. The van der Waals surface area contributed by atoms with Crippen LogP contribution in [0, 0.1) is 0 Å². The van der Waals surface area contributed by atoms with Gasteiger partial charge >= 0.3 is 5.97 Å². The summed E-state index contributed by atoms with van der Waals surface area (Å²) in [6.45, 7) is 3.27. The third-order valence-corrected chi connectivity index (χ3v) is 5.71. The van der Waals surface area contributed by atoms with Crippen LogP contribution in [0.2, 0.25) is 0 Å². The van der Waals surface area contributed by atoms with E-state index in [1.54, 1.807) is 13.3 Å². The number of esters is 1. The zero-order valence-electron chi connectivity index (χ0n) is 20.7. The number of hydrogen-bond donors (Lipinski definition) is 0. The van der Waals surface area contributed by atoms with E-state index in [2.05, 4.69) is 15.1 Å². The first kappa shape index (κ1) is 25.2. The summed E-state index contributed by atoms with van der Waals surface area (Å²) in [6.07, 6.45) is 4.64. The SMILES string of the molecule is CCOC(=O)c1cnn(-c2nc(OCc3ccccc3)c3ncn(Cc4ccc(OCCCl)cc4)c3n2)c1. The molecular formula is C27H25ClN6O4. The molecule has 0 atom stereocenters. The summed E-state index contributed by atoms with van der Waals surface area (Å²) in [5.41, 5.74) is 3.39. The van der Waals surface area contributed by atoms with Gasteiger partial charge in [-0.1, -0.05) is 42.5 Å². The van der Waals surface area contributed by atoms with Gasteiger partial charge < -0.3 is 18.8 Å². The van der Waals surface area contributed by atoms with E-state index < -0.39 is 5.97 Å². The van der Waals surface area contributed by atoms with Crippen LogP contribution in [0.5, 0.6) is 11.6 Å². The third-order valence-electron chi connectivity index (χ3n) is 5.56. The summed E-state index contributed by atoms with van der Waals surface area (Å²) < 4.78 is 20.0. The Labute approximate surface area is 223 Å². The van der Waals surface area contributed by atoms with Gasteiger partial charge in [-0.15, -0.1) is 11.6 Å². The van der Waals surface area contributed by atoms with Crippen molar-refractivity contribution in [3.05, 3.63) is 90.0 Å². The highest BCUT2D eigenvalue weighted by Gasteiger charge is 2.18. The second-order valence-corrected chi connectivity index (χ2v) is 8.60. The Balaban J connectivity index is 1.48. The molecule has 38 heavy (non-hydrogen) atoms. The Bertz CT molecular complexity index is 1520. The molecule has 0 aliphatic heterocycles. The number of rotatable bonds is 11. The smallest absolute Gasteiger partial charge is 0.341 e. The fourth-order valence-electron chi connectivity index (χ4n) is 3.75. The number of benzene rings is 2. The van der Waals surface area contributed by atoms with Crippen LogP contribution in [0.3, 0.4) is 0 Å². The fourth-order valence-corrected chi connectivity index (χ4v) is 3.83. The number of hydrogen-bond acceptors (Lipinski definition) is 8. The second-order valence-electron chi connectivity index (χ2n) is 8.22. The van der Waals surface area contributed by atoms with E-state index in [0.29, 0.717) is 48.2 Å². The van der Waals surface area contributed by atoms with Gasteiger partial charge in [0.2, 0.25) is 5.88 Å². The zero-order valence-corrected chi connectivity index (χ0v) is 21.4. The molecule has 0 saturated carbocycles. The van der Waals surface area contributed by atoms with E-state index in [-0.39, 0.29) is 12.6 Å². The van der Waals surface area contributed by atoms with Crippen molar-refractivity contribution >= 4 is 28.7 Å². The maximum atomic E-state index is 12.2. The van der Waals surface area contributed by atoms with Crippen LogP contribution in [-0.4, -0.2) is 54.4 Å². The summed E-state index contributed by atoms with van der Waals surface area (Å²) >= 11 is 5.70. The minimum atomic E-state index is -0.469. The standard InChI is InChI=1S/C27H25ClN6O4/c1-2-36-26(35)21-14-30-34(16-21)27-31-24-23(25(32-27)38-17-20-6-4-3-5-7-20)29-18-33(24)15-19-8-10-22(11-9-19)37-13-12-28/h3-11,14,16,18H,2,12-13,15,17H2,1H3. The molecule has 194 valence electrons. The quantitative estimate of drug-likeness (QED) is 0.182. The monoisotopic (exact) mass is 532 g/mol. The number of halogens is 1. The van der Waals surface area contributed by atoms with Crippen molar-refractivity contribution in [1.29, 1.82) is 0 Å². The van der Waals surface area contributed by atoms with Gasteiger partial charge in [0.15, 0.2) is 11.2 Å². The number of carbonyl (C=O) groups excluding carboxylic acids is 1. The molecule has 10 nitrogen and oxygen atoms in total. The topological polar surface area (TPSA) is 106 Å². The van der Waals surface area contributed by atoms with Crippen molar-refractivity contribution in [3.63, 3.8) is 0 Å². The summed E-state index contributed by atoms with van der Waals surface area (Å²) in [5, 5.41) is 4.27. The number of nitrogens with zero attached hydrogens (tertiary/aromatic N) is 6. The molecular weight excluding hydrogens is 508 g/mol. The molecule has 5 aromatic rings. The molecule has 0 aliphatic rings. The van der Waals surface area contributed by atoms with E-state index in [0.717, 1.165) is 16.9 Å². The minimum absolute atomic E-state index is 0.239. The Morgan fingerprint density at radius 2 is 1.82 bits per heavy atom. The summed E-state index contributed by atoms with van der Waals surface area (Å²) in [7, 11) is 0. The zero-order chi connectivity index (χ0) is 26.3. The maximum absolute atomic E-state index is 12.2. The van der Waals surface area contributed by atoms with E-state index >= 15 is 0 Å². The van der Waals surface area contributed by atoms with Crippen LogP contribution in [-0.2, 0) is 17.9 Å². The maximum Gasteiger partial charge on any atom is 0.341 e. The average molecular weight is 533 g/mol. The number of carbonyl (C=O) groups is 1. The first-order valence-corrected chi connectivity index (χ1v) is 12.6. The lowest BCUT2D eigenvalue weighted by atomic mass is 10.2. The van der Waals surface area contributed by atoms with E-state index in [4.69, 9.17) is 30.8 Å². The molecule has 11 heteroatoms. The van der Waals surface area contributed by atoms with Crippen LogP contribution < -0.4 is 9.47 Å².